The Morgan fingerprint density at radius 1 is 1.35 bits per heavy atom. The molecular formula is C16H29NO3. The number of likely N-dealkylation sites (tertiary alicyclic amines) is 1. The lowest BCUT2D eigenvalue weighted by Gasteiger charge is -2.37. The predicted octanol–water partition coefficient (Wildman–Crippen LogP) is 3.16. The average molecular weight is 283 g/mol. The number of rotatable bonds is 4. The van der Waals surface area contributed by atoms with Crippen LogP contribution in [-0.2, 0) is 9.59 Å². The summed E-state index contributed by atoms with van der Waals surface area (Å²) in [5.74, 6) is -0.476. The number of carbonyl (C=O) groups is 2. The van der Waals surface area contributed by atoms with Crippen LogP contribution in [0.25, 0.3) is 0 Å². The first-order chi connectivity index (χ1) is 9.10. The molecule has 0 saturated carbocycles. The summed E-state index contributed by atoms with van der Waals surface area (Å²) in [6.45, 7) is 11.2. The SMILES string of the molecule is CC(CC(=O)N1CCC(C(=O)O)CC1C)CC(C)(C)C. The van der Waals surface area contributed by atoms with Gasteiger partial charge in [0, 0.05) is 19.0 Å². The van der Waals surface area contributed by atoms with Crippen molar-refractivity contribution in [3.63, 3.8) is 0 Å². The van der Waals surface area contributed by atoms with Crippen molar-refractivity contribution >= 4 is 11.9 Å². The highest BCUT2D eigenvalue weighted by atomic mass is 16.4. The molecule has 20 heavy (non-hydrogen) atoms. The predicted molar refractivity (Wildman–Crippen MR) is 79.4 cm³/mol. The fourth-order valence-corrected chi connectivity index (χ4v) is 3.30. The summed E-state index contributed by atoms with van der Waals surface area (Å²) < 4.78 is 0. The molecule has 0 spiro atoms. The maximum absolute atomic E-state index is 12.4. The third-order valence-corrected chi connectivity index (χ3v) is 4.03. The van der Waals surface area contributed by atoms with E-state index < -0.39 is 5.97 Å². The zero-order valence-electron chi connectivity index (χ0n) is 13.5. The first kappa shape index (κ1) is 17.0. The Balaban J connectivity index is 2.50. The van der Waals surface area contributed by atoms with Crippen LogP contribution in [0.1, 0.15) is 60.3 Å². The van der Waals surface area contributed by atoms with E-state index in [2.05, 4.69) is 27.7 Å². The number of hydrogen-bond donors (Lipinski definition) is 1. The smallest absolute Gasteiger partial charge is 0.306 e. The molecule has 1 N–H and O–H groups in total. The van der Waals surface area contributed by atoms with Gasteiger partial charge in [-0.15, -0.1) is 0 Å². The second kappa shape index (κ2) is 6.59. The summed E-state index contributed by atoms with van der Waals surface area (Å²) in [4.78, 5) is 25.2. The highest BCUT2D eigenvalue weighted by molar-refractivity contribution is 5.77. The molecule has 116 valence electrons. The third kappa shape index (κ3) is 5.14. The molecule has 1 fully saturated rings. The highest BCUT2D eigenvalue weighted by Crippen LogP contribution is 2.28. The van der Waals surface area contributed by atoms with Gasteiger partial charge in [0.2, 0.25) is 5.91 Å². The Bertz CT molecular complexity index is 359. The van der Waals surface area contributed by atoms with Gasteiger partial charge in [-0.2, -0.15) is 0 Å². The van der Waals surface area contributed by atoms with Crippen LogP contribution < -0.4 is 0 Å². The molecule has 4 heteroatoms. The zero-order chi connectivity index (χ0) is 15.5. The van der Waals surface area contributed by atoms with Gasteiger partial charge in [0.25, 0.3) is 0 Å². The van der Waals surface area contributed by atoms with E-state index in [-0.39, 0.29) is 23.3 Å². The fraction of sp³-hybridized carbons (Fsp3) is 0.875. The van der Waals surface area contributed by atoms with Crippen LogP contribution in [0, 0.1) is 17.3 Å². The van der Waals surface area contributed by atoms with Crippen molar-refractivity contribution in [1.29, 1.82) is 0 Å². The molecule has 1 heterocycles. The van der Waals surface area contributed by atoms with Gasteiger partial charge < -0.3 is 10.0 Å². The van der Waals surface area contributed by atoms with Gasteiger partial charge in [-0.3, -0.25) is 9.59 Å². The lowest BCUT2D eigenvalue weighted by atomic mass is 9.83. The molecule has 0 aromatic heterocycles. The molecule has 0 radical (unpaired) electrons. The van der Waals surface area contributed by atoms with Crippen LogP contribution in [-0.4, -0.2) is 34.5 Å². The van der Waals surface area contributed by atoms with Gasteiger partial charge in [-0.25, -0.2) is 0 Å². The molecule has 3 atom stereocenters. The first-order valence-electron chi connectivity index (χ1n) is 7.62. The van der Waals surface area contributed by atoms with Crippen molar-refractivity contribution < 1.29 is 14.7 Å². The Hall–Kier alpha value is -1.06. The molecule has 0 bridgehead atoms. The zero-order valence-corrected chi connectivity index (χ0v) is 13.5. The molecular weight excluding hydrogens is 254 g/mol. The summed E-state index contributed by atoms with van der Waals surface area (Å²) in [6.07, 6.45) is 2.76. The quantitative estimate of drug-likeness (QED) is 0.862. The minimum atomic E-state index is -0.731. The van der Waals surface area contributed by atoms with Crippen molar-refractivity contribution in [2.24, 2.45) is 17.3 Å². The molecule has 1 saturated heterocycles. The second-order valence-corrected chi connectivity index (χ2v) is 7.57. The van der Waals surface area contributed by atoms with E-state index in [1.807, 2.05) is 11.8 Å². The van der Waals surface area contributed by atoms with Gasteiger partial charge in [-0.1, -0.05) is 27.7 Å². The third-order valence-electron chi connectivity index (χ3n) is 4.03. The van der Waals surface area contributed by atoms with E-state index in [9.17, 15) is 9.59 Å². The number of nitrogens with zero attached hydrogens (tertiary/aromatic N) is 1. The van der Waals surface area contributed by atoms with Gasteiger partial charge >= 0.3 is 5.97 Å². The number of hydrogen-bond acceptors (Lipinski definition) is 2. The van der Waals surface area contributed by atoms with Crippen molar-refractivity contribution in [2.75, 3.05) is 6.54 Å². The van der Waals surface area contributed by atoms with Gasteiger partial charge in [-0.05, 0) is 37.5 Å². The van der Waals surface area contributed by atoms with Gasteiger partial charge in [0.05, 0.1) is 5.92 Å². The highest BCUT2D eigenvalue weighted by Gasteiger charge is 2.32. The van der Waals surface area contributed by atoms with E-state index in [1.54, 1.807) is 0 Å². The van der Waals surface area contributed by atoms with Crippen molar-refractivity contribution in [2.45, 2.75) is 66.3 Å². The molecule has 1 amide bonds. The van der Waals surface area contributed by atoms with Crippen LogP contribution in [0.3, 0.4) is 0 Å². The van der Waals surface area contributed by atoms with E-state index in [1.165, 1.54) is 0 Å². The molecule has 0 aromatic rings. The lowest BCUT2D eigenvalue weighted by molar-refractivity contribution is -0.147. The van der Waals surface area contributed by atoms with Gasteiger partial charge in [0.1, 0.15) is 0 Å². The normalized spacial score (nSPS) is 25.4. The number of carboxylic acids is 1. The Kier molecular flexibility index (Phi) is 5.60. The van der Waals surface area contributed by atoms with Crippen LogP contribution in [0.5, 0.6) is 0 Å². The van der Waals surface area contributed by atoms with Crippen LogP contribution >= 0.6 is 0 Å². The summed E-state index contributed by atoms with van der Waals surface area (Å²) in [7, 11) is 0. The van der Waals surface area contributed by atoms with Crippen molar-refractivity contribution in [3.8, 4) is 0 Å². The Morgan fingerprint density at radius 2 is 1.95 bits per heavy atom. The van der Waals surface area contributed by atoms with E-state index in [0.29, 0.717) is 31.7 Å². The molecule has 0 aliphatic carbocycles. The Labute approximate surface area is 122 Å². The fourth-order valence-electron chi connectivity index (χ4n) is 3.30. The average Bonchev–Trinajstić information content (AvgIpc) is 2.25. The summed E-state index contributed by atoms with van der Waals surface area (Å²) in [6, 6.07) is 0.0409. The van der Waals surface area contributed by atoms with Gasteiger partial charge in [0.15, 0.2) is 0 Å². The summed E-state index contributed by atoms with van der Waals surface area (Å²) in [5, 5.41) is 9.05. The number of carboxylic acid groups (broad SMARTS) is 1. The molecule has 0 aromatic carbocycles. The maximum Gasteiger partial charge on any atom is 0.306 e. The minimum absolute atomic E-state index is 0.0409. The van der Waals surface area contributed by atoms with Crippen molar-refractivity contribution in [1.82, 2.24) is 4.90 Å². The lowest BCUT2D eigenvalue weighted by Crippen LogP contribution is -2.46. The minimum Gasteiger partial charge on any atom is -0.481 e. The molecule has 1 aliphatic rings. The standard InChI is InChI=1S/C16H29NO3/c1-11(10-16(3,4)5)8-14(18)17-7-6-13(15(19)20)9-12(17)2/h11-13H,6-10H2,1-5H3,(H,19,20). The largest absolute Gasteiger partial charge is 0.481 e. The monoisotopic (exact) mass is 283 g/mol. The second-order valence-electron chi connectivity index (χ2n) is 7.57. The van der Waals surface area contributed by atoms with Crippen LogP contribution in [0.4, 0.5) is 0 Å². The molecule has 4 nitrogen and oxygen atoms in total. The number of piperidine rings is 1. The number of amides is 1. The van der Waals surface area contributed by atoms with Crippen molar-refractivity contribution in [3.05, 3.63) is 0 Å². The first-order valence-corrected chi connectivity index (χ1v) is 7.62. The van der Waals surface area contributed by atoms with Crippen LogP contribution in [0.2, 0.25) is 0 Å². The maximum atomic E-state index is 12.4. The number of carbonyl (C=O) groups excluding carboxylic acids is 1. The van der Waals surface area contributed by atoms with E-state index in [0.717, 1.165) is 6.42 Å². The van der Waals surface area contributed by atoms with Crippen LogP contribution in [0.15, 0.2) is 0 Å². The Morgan fingerprint density at radius 3 is 2.40 bits per heavy atom. The molecule has 3 unspecified atom stereocenters. The number of aliphatic carboxylic acids is 1. The molecule has 1 rings (SSSR count). The topological polar surface area (TPSA) is 57.6 Å². The van der Waals surface area contributed by atoms with E-state index in [4.69, 9.17) is 5.11 Å². The molecule has 1 aliphatic heterocycles. The summed E-state index contributed by atoms with van der Waals surface area (Å²) in [5.41, 5.74) is 0.238. The summed E-state index contributed by atoms with van der Waals surface area (Å²) >= 11 is 0. The van der Waals surface area contributed by atoms with E-state index >= 15 is 0 Å².